The maximum absolute atomic E-state index is 12.5. The van der Waals surface area contributed by atoms with Crippen LogP contribution in [0.3, 0.4) is 0 Å². The van der Waals surface area contributed by atoms with Gasteiger partial charge in [-0.05, 0) is 43.3 Å². The molecule has 1 fully saturated rings. The van der Waals surface area contributed by atoms with Gasteiger partial charge in [0.1, 0.15) is 13.2 Å². The standard InChI is InChI=1S/C22H23N3O6/c1-2-29-21(27)14-3-5-15(6-4-14)23-22(28)24-16-11-20(26)25(13-16)17-7-8-18-19(12-17)31-10-9-30-18/h3-8,12,16H,2,9-11,13H2,1H3,(H2,23,24,28). The first kappa shape index (κ1) is 20.5. The van der Waals surface area contributed by atoms with Crippen LogP contribution in [0.2, 0.25) is 0 Å². The molecule has 9 heteroatoms. The average Bonchev–Trinajstić information content (AvgIpc) is 3.13. The molecule has 0 radical (unpaired) electrons. The number of ether oxygens (including phenoxy) is 3. The van der Waals surface area contributed by atoms with Crippen LogP contribution in [0.15, 0.2) is 42.5 Å². The Hall–Kier alpha value is -3.75. The molecule has 1 unspecified atom stereocenters. The van der Waals surface area contributed by atoms with Gasteiger partial charge in [0.2, 0.25) is 5.91 Å². The summed E-state index contributed by atoms with van der Waals surface area (Å²) >= 11 is 0. The number of rotatable bonds is 5. The summed E-state index contributed by atoms with van der Waals surface area (Å²) < 4.78 is 16.0. The summed E-state index contributed by atoms with van der Waals surface area (Å²) in [6.07, 6.45) is 0.198. The molecule has 9 nitrogen and oxygen atoms in total. The van der Waals surface area contributed by atoms with Crippen LogP contribution in [0, 0.1) is 0 Å². The molecule has 4 rings (SSSR count). The minimum Gasteiger partial charge on any atom is -0.486 e. The molecule has 31 heavy (non-hydrogen) atoms. The number of esters is 1. The molecule has 2 aromatic carbocycles. The van der Waals surface area contributed by atoms with Crippen molar-refractivity contribution in [2.75, 3.05) is 36.6 Å². The fourth-order valence-corrected chi connectivity index (χ4v) is 3.51. The van der Waals surface area contributed by atoms with E-state index in [9.17, 15) is 14.4 Å². The lowest BCUT2D eigenvalue weighted by molar-refractivity contribution is -0.117. The normalized spacial score (nSPS) is 17.3. The van der Waals surface area contributed by atoms with Crippen LogP contribution in [0.25, 0.3) is 0 Å². The van der Waals surface area contributed by atoms with E-state index in [1.807, 2.05) is 0 Å². The van der Waals surface area contributed by atoms with Gasteiger partial charge < -0.3 is 29.7 Å². The molecular weight excluding hydrogens is 402 g/mol. The lowest BCUT2D eigenvalue weighted by Gasteiger charge is -2.22. The molecule has 0 aliphatic carbocycles. The molecule has 2 N–H and O–H groups in total. The van der Waals surface area contributed by atoms with Gasteiger partial charge in [-0.3, -0.25) is 4.79 Å². The third-order valence-corrected chi connectivity index (χ3v) is 4.95. The molecule has 2 aliphatic rings. The average molecular weight is 425 g/mol. The Bertz CT molecular complexity index is 991. The summed E-state index contributed by atoms with van der Waals surface area (Å²) in [5.41, 5.74) is 1.64. The van der Waals surface area contributed by atoms with Gasteiger partial charge in [-0.25, -0.2) is 9.59 Å². The second-order valence-electron chi connectivity index (χ2n) is 7.13. The monoisotopic (exact) mass is 425 g/mol. The van der Waals surface area contributed by atoms with Crippen molar-refractivity contribution >= 4 is 29.3 Å². The van der Waals surface area contributed by atoms with Crippen molar-refractivity contribution in [3.05, 3.63) is 48.0 Å². The number of amides is 3. The maximum atomic E-state index is 12.5. The highest BCUT2D eigenvalue weighted by molar-refractivity contribution is 5.98. The molecule has 0 spiro atoms. The van der Waals surface area contributed by atoms with E-state index >= 15 is 0 Å². The van der Waals surface area contributed by atoms with Gasteiger partial charge in [0.25, 0.3) is 0 Å². The van der Waals surface area contributed by atoms with E-state index in [1.165, 1.54) is 0 Å². The Balaban J connectivity index is 1.33. The number of hydrogen-bond acceptors (Lipinski definition) is 6. The number of carbonyl (C=O) groups is 3. The van der Waals surface area contributed by atoms with E-state index in [0.29, 0.717) is 54.8 Å². The molecule has 3 amide bonds. The van der Waals surface area contributed by atoms with Gasteiger partial charge in [-0.2, -0.15) is 0 Å². The largest absolute Gasteiger partial charge is 0.486 e. The molecule has 0 bridgehead atoms. The van der Waals surface area contributed by atoms with Crippen molar-refractivity contribution in [1.82, 2.24) is 5.32 Å². The number of hydrogen-bond donors (Lipinski definition) is 2. The Labute approximate surface area is 179 Å². The molecule has 1 atom stereocenters. The minimum absolute atomic E-state index is 0.0826. The fourth-order valence-electron chi connectivity index (χ4n) is 3.51. The number of urea groups is 1. The summed E-state index contributed by atoms with van der Waals surface area (Å²) in [5, 5.41) is 5.53. The van der Waals surface area contributed by atoms with Crippen LogP contribution in [-0.4, -0.2) is 50.3 Å². The fraction of sp³-hybridized carbons (Fsp3) is 0.318. The van der Waals surface area contributed by atoms with Crippen molar-refractivity contribution in [2.45, 2.75) is 19.4 Å². The maximum Gasteiger partial charge on any atom is 0.338 e. The summed E-state index contributed by atoms with van der Waals surface area (Å²) in [6.45, 7) is 3.36. The van der Waals surface area contributed by atoms with Crippen molar-refractivity contribution in [2.24, 2.45) is 0 Å². The number of benzene rings is 2. The minimum atomic E-state index is -0.425. The summed E-state index contributed by atoms with van der Waals surface area (Å²) in [6, 6.07) is 11.0. The first-order valence-corrected chi connectivity index (χ1v) is 10.1. The molecule has 1 saturated heterocycles. The van der Waals surface area contributed by atoms with Gasteiger partial charge in [-0.1, -0.05) is 0 Å². The topological polar surface area (TPSA) is 106 Å². The first-order valence-electron chi connectivity index (χ1n) is 10.1. The smallest absolute Gasteiger partial charge is 0.338 e. The van der Waals surface area contributed by atoms with Crippen LogP contribution in [0.1, 0.15) is 23.7 Å². The molecule has 0 aromatic heterocycles. The Morgan fingerprint density at radius 3 is 2.58 bits per heavy atom. The van der Waals surface area contributed by atoms with E-state index in [4.69, 9.17) is 14.2 Å². The Morgan fingerprint density at radius 2 is 1.84 bits per heavy atom. The highest BCUT2D eigenvalue weighted by Crippen LogP contribution is 2.35. The second kappa shape index (κ2) is 8.95. The van der Waals surface area contributed by atoms with Gasteiger partial charge in [-0.15, -0.1) is 0 Å². The van der Waals surface area contributed by atoms with Gasteiger partial charge in [0.15, 0.2) is 11.5 Å². The van der Waals surface area contributed by atoms with Crippen molar-refractivity contribution in [1.29, 1.82) is 0 Å². The molecule has 162 valence electrons. The summed E-state index contributed by atoms with van der Waals surface area (Å²) in [5.74, 6) is 0.768. The van der Waals surface area contributed by atoms with E-state index in [2.05, 4.69) is 10.6 Å². The third kappa shape index (κ3) is 4.71. The summed E-state index contributed by atoms with van der Waals surface area (Å²) in [7, 11) is 0. The predicted molar refractivity (Wildman–Crippen MR) is 113 cm³/mol. The van der Waals surface area contributed by atoms with Gasteiger partial charge in [0, 0.05) is 30.4 Å². The predicted octanol–water partition coefficient (Wildman–Crippen LogP) is 2.56. The molecule has 2 heterocycles. The molecule has 2 aliphatic heterocycles. The number of nitrogens with one attached hydrogen (secondary N) is 2. The van der Waals surface area contributed by atoms with Crippen molar-refractivity contribution < 1.29 is 28.6 Å². The first-order chi connectivity index (χ1) is 15.0. The van der Waals surface area contributed by atoms with E-state index in [1.54, 1.807) is 54.3 Å². The SMILES string of the molecule is CCOC(=O)c1ccc(NC(=O)NC2CC(=O)N(c3ccc4c(c3)OCCO4)C2)cc1. The number of fused-ring (bicyclic) bond motifs is 1. The van der Waals surface area contributed by atoms with Gasteiger partial charge >= 0.3 is 12.0 Å². The van der Waals surface area contributed by atoms with Gasteiger partial charge in [0.05, 0.1) is 18.2 Å². The van der Waals surface area contributed by atoms with Crippen molar-refractivity contribution in [3.8, 4) is 11.5 Å². The zero-order valence-electron chi connectivity index (χ0n) is 17.1. The zero-order valence-corrected chi connectivity index (χ0v) is 17.1. The number of carbonyl (C=O) groups excluding carboxylic acids is 3. The van der Waals surface area contributed by atoms with Crippen LogP contribution >= 0.6 is 0 Å². The van der Waals surface area contributed by atoms with E-state index in [0.717, 1.165) is 0 Å². The second-order valence-corrected chi connectivity index (χ2v) is 7.13. The van der Waals surface area contributed by atoms with Crippen LogP contribution in [-0.2, 0) is 9.53 Å². The number of nitrogens with zero attached hydrogens (tertiary/aromatic N) is 1. The highest BCUT2D eigenvalue weighted by Gasteiger charge is 2.32. The van der Waals surface area contributed by atoms with Crippen molar-refractivity contribution in [3.63, 3.8) is 0 Å². The lowest BCUT2D eigenvalue weighted by atomic mass is 10.2. The van der Waals surface area contributed by atoms with E-state index < -0.39 is 12.0 Å². The highest BCUT2D eigenvalue weighted by atomic mass is 16.6. The zero-order chi connectivity index (χ0) is 21.8. The number of anilines is 2. The molecule has 2 aromatic rings. The van der Waals surface area contributed by atoms with E-state index in [-0.39, 0.29) is 18.4 Å². The summed E-state index contributed by atoms with van der Waals surface area (Å²) in [4.78, 5) is 38.2. The lowest BCUT2D eigenvalue weighted by Crippen LogP contribution is -2.39. The van der Waals surface area contributed by atoms with Crippen LogP contribution in [0.5, 0.6) is 11.5 Å². The molecular formula is C22H23N3O6. The third-order valence-electron chi connectivity index (χ3n) is 4.95. The van der Waals surface area contributed by atoms with Crippen LogP contribution in [0.4, 0.5) is 16.2 Å². The molecule has 0 saturated carbocycles. The Kier molecular flexibility index (Phi) is 5.92. The Morgan fingerprint density at radius 1 is 1.10 bits per heavy atom. The van der Waals surface area contributed by atoms with Crippen LogP contribution < -0.4 is 25.0 Å². The quantitative estimate of drug-likeness (QED) is 0.714.